The van der Waals surface area contributed by atoms with E-state index < -0.39 is 0 Å². The van der Waals surface area contributed by atoms with E-state index in [1.165, 1.54) is 11.3 Å². The zero-order valence-electron chi connectivity index (χ0n) is 8.27. The fraction of sp³-hybridized carbons (Fsp3) is 0.182. The number of carbonyl (C=O) groups excluding carboxylic acids is 2. The maximum Gasteiger partial charge on any atom is 0.234 e. The van der Waals surface area contributed by atoms with E-state index >= 15 is 0 Å². The van der Waals surface area contributed by atoms with Gasteiger partial charge in [-0.05, 0) is 17.7 Å². The molecule has 1 N–H and O–H groups in total. The smallest absolute Gasteiger partial charge is 0.234 e. The van der Waals surface area contributed by atoms with Crippen LogP contribution in [0.25, 0.3) is 10.2 Å². The number of nitrogens with one attached hydrogen (secondary N) is 1. The lowest BCUT2D eigenvalue weighted by Gasteiger charge is -2.05. The van der Waals surface area contributed by atoms with Gasteiger partial charge in [0, 0.05) is 6.42 Å². The zero-order valence-corrected chi connectivity index (χ0v) is 9.08. The van der Waals surface area contributed by atoms with Crippen LogP contribution in [0, 0.1) is 0 Å². The maximum atomic E-state index is 11.5. The van der Waals surface area contributed by atoms with E-state index in [-0.39, 0.29) is 24.2 Å². The highest BCUT2D eigenvalue weighted by molar-refractivity contribution is 7.16. The monoisotopic (exact) mass is 232 g/mol. The van der Waals surface area contributed by atoms with E-state index in [1.807, 2.05) is 18.2 Å². The van der Waals surface area contributed by atoms with Crippen LogP contribution in [0.1, 0.15) is 17.9 Å². The lowest BCUT2D eigenvalue weighted by atomic mass is 9.97. The first-order valence-corrected chi connectivity index (χ1v) is 5.79. The quantitative estimate of drug-likeness (QED) is 0.756. The van der Waals surface area contributed by atoms with E-state index in [0.29, 0.717) is 0 Å². The van der Waals surface area contributed by atoms with Gasteiger partial charge in [-0.1, -0.05) is 6.07 Å². The summed E-state index contributed by atoms with van der Waals surface area (Å²) in [7, 11) is 0. The van der Waals surface area contributed by atoms with Gasteiger partial charge in [-0.15, -0.1) is 11.3 Å². The van der Waals surface area contributed by atoms with Gasteiger partial charge >= 0.3 is 0 Å². The van der Waals surface area contributed by atoms with Crippen LogP contribution in [0.15, 0.2) is 23.7 Å². The van der Waals surface area contributed by atoms with E-state index in [1.54, 1.807) is 5.51 Å². The van der Waals surface area contributed by atoms with Crippen LogP contribution >= 0.6 is 11.3 Å². The average Bonchev–Trinajstić information content (AvgIpc) is 2.83. The third-order valence-electron chi connectivity index (χ3n) is 2.73. The molecule has 0 radical (unpaired) electrons. The molecule has 5 heteroatoms. The Hall–Kier alpha value is -1.75. The first-order chi connectivity index (χ1) is 7.74. The summed E-state index contributed by atoms with van der Waals surface area (Å²) in [6.45, 7) is 0. The fourth-order valence-electron chi connectivity index (χ4n) is 1.91. The molecule has 0 spiro atoms. The molecule has 0 saturated carbocycles. The van der Waals surface area contributed by atoms with Crippen molar-refractivity contribution in [3.8, 4) is 0 Å². The molecule has 1 fully saturated rings. The van der Waals surface area contributed by atoms with Gasteiger partial charge in [0.05, 0.1) is 21.6 Å². The van der Waals surface area contributed by atoms with Crippen molar-refractivity contribution in [1.82, 2.24) is 10.3 Å². The standard InChI is InChI=1S/C11H8N2O2S/c14-10-4-7(11(15)13-10)6-1-2-8-9(3-6)16-5-12-8/h1-3,5,7H,4H2,(H,13,14,15). The molecule has 1 saturated heterocycles. The second-order valence-electron chi connectivity index (χ2n) is 3.75. The highest BCUT2D eigenvalue weighted by Gasteiger charge is 2.31. The maximum absolute atomic E-state index is 11.5. The van der Waals surface area contributed by atoms with Crippen molar-refractivity contribution < 1.29 is 9.59 Å². The van der Waals surface area contributed by atoms with E-state index in [2.05, 4.69) is 10.3 Å². The number of hydrogen-bond acceptors (Lipinski definition) is 4. The largest absolute Gasteiger partial charge is 0.296 e. The first-order valence-electron chi connectivity index (χ1n) is 4.91. The molecule has 0 bridgehead atoms. The fourth-order valence-corrected chi connectivity index (χ4v) is 2.64. The van der Waals surface area contributed by atoms with Gasteiger partial charge < -0.3 is 0 Å². The van der Waals surface area contributed by atoms with Gasteiger partial charge in [-0.25, -0.2) is 4.98 Å². The van der Waals surface area contributed by atoms with Crippen LogP contribution in [-0.2, 0) is 9.59 Å². The number of amides is 2. The van der Waals surface area contributed by atoms with Crippen molar-refractivity contribution in [3.05, 3.63) is 29.3 Å². The molecule has 1 aromatic carbocycles. The first kappa shape index (κ1) is 9.47. The number of carbonyl (C=O) groups is 2. The summed E-state index contributed by atoms with van der Waals surface area (Å²) < 4.78 is 1.05. The van der Waals surface area contributed by atoms with Gasteiger partial charge in [0.25, 0.3) is 0 Å². The molecule has 80 valence electrons. The summed E-state index contributed by atoms with van der Waals surface area (Å²) in [5.74, 6) is -0.729. The van der Waals surface area contributed by atoms with Crippen molar-refractivity contribution in [2.24, 2.45) is 0 Å². The van der Waals surface area contributed by atoms with Crippen molar-refractivity contribution >= 4 is 33.4 Å². The SMILES string of the molecule is O=C1CC(c2ccc3ncsc3c2)C(=O)N1. The Bertz CT molecular complexity index is 590. The second kappa shape index (κ2) is 3.38. The molecular weight excluding hydrogens is 224 g/mol. The molecule has 4 nitrogen and oxygen atoms in total. The van der Waals surface area contributed by atoms with Crippen molar-refractivity contribution in [2.75, 3.05) is 0 Å². The number of fused-ring (bicyclic) bond motifs is 1. The van der Waals surface area contributed by atoms with Crippen LogP contribution in [0.2, 0.25) is 0 Å². The molecule has 0 aliphatic carbocycles. The highest BCUT2D eigenvalue weighted by Crippen LogP contribution is 2.28. The van der Waals surface area contributed by atoms with Gasteiger partial charge in [-0.2, -0.15) is 0 Å². The predicted molar refractivity (Wildman–Crippen MR) is 60.1 cm³/mol. The molecule has 2 aromatic rings. The van der Waals surface area contributed by atoms with Crippen molar-refractivity contribution in [3.63, 3.8) is 0 Å². The minimum atomic E-state index is -0.334. The molecule has 1 aliphatic rings. The summed E-state index contributed by atoms with van der Waals surface area (Å²) in [5.41, 5.74) is 3.59. The average molecular weight is 232 g/mol. The highest BCUT2D eigenvalue weighted by atomic mass is 32.1. The normalized spacial score (nSPS) is 20.4. The Kier molecular flexibility index (Phi) is 2.00. The molecule has 1 atom stereocenters. The number of hydrogen-bond donors (Lipinski definition) is 1. The summed E-state index contributed by atoms with van der Waals surface area (Å²) in [6.07, 6.45) is 0.253. The minimum Gasteiger partial charge on any atom is -0.296 e. The Balaban J connectivity index is 2.05. The van der Waals surface area contributed by atoms with Crippen LogP contribution in [0.5, 0.6) is 0 Å². The zero-order chi connectivity index (χ0) is 11.1. The van der Waals surface area contributed by atoms with Gasteiger partial charge in [0.15, 0.2) is 0 Å². The summed E-state index contributed by atoms with van der Waals surface area (Å²) in [4.78, 5) is 26.8. The van der Waals surface area contributed by atoms with Crippen LogP contribution in [-0.4, -0.2) is 16.8 Å². The summed E-state index contributed by atoms with van der Waals surface area (Å²) >= 11 is 1.53. The third-order valence-corrected chi connectivity index (χ3v) is 3.52. The second-order valence-corrected chi connectivity index (χ2v) is 4.64. The molecule has 2 amide bonds. The van der Waals surface area contributed by atoms with Crippen LogP contribution in [0.3, 0.4) is 0 Å². The molecule has 1 aromatic heterocycles. The predicted octanol–water partition coefficient (Wildman–Crippen LogP) is 1.43. The number of nitrogens with zero attached hydrogens (tertiary/aromatic N) is 1. The van der Waals surface area contributed by atoms with Gasteiger partial charge in [0.2, 0.25) is 11.8 Å². The molecule has 2 heterocycles. The van der Waals surface area contributed by atoms with Crippen LogP contribution in [0.4, 0.5) is 0 Å². The summed E-state index contributed by atoms with van der Waals surface area (Å²) in [5, 5.41) is 2.32. The summed E-state index contributed by atoms with van der Waals surface area (Å²) in [6, 6.07) is 5.69. The number of thiazole rings is 1. The lowest BCUT2D eigenvalue weighted by molar-refractivity contribution is -0.125. The molecule has 1 unspecified atom stereocenters. The molecular formula is C11H8N2O2S. The van der Waals surface area contributed by atoms with E-state index in [4.69, 9.17) is 0 Å². The minimum absolute atomic E-state index is 0.195. The lowest BCUT2D eigenvalue weighted by Crippen LogP contribution is -2.21. The number of imide groups is 1. The number of rotatable bonds is 1. The van der Waals surface area contributed by atoms with Gasteiger partial charge in [0.1, 0.15) is 0 Å². The number of benzene rings is 1. The van der Waals surface area contributed by atoms with E-state index in [0.717, 1.165) is 15.8 Å². The topological polar surface area (TPSA) is 59.1 Å². The Morgan fingerprint density at radius 3 is 3.00 bits per heavy atom. The molecule has 1 aliphatic heterocycles. The van der Waals surface area contributed by atoms with Crippen LogP contribution < -0.4 is 5.32 Å². The Labute approximate surface area is 95.3 Å². The van der Waals surface area contributed by atoms with Gasteiger partial charge in [-0.3, -0.25) is 14.9 Å². The molecule has 16 heavy (non-hydrogen) atoms. The van der Waals surface area contributed by atoms with Crippen molar-refractivity contribution in [2.45, 2.75) is 12.3 Å². The third kappa shape index (κ3) is 1.40. The number of aromatic nitrogens is 1. The Morgan fingerprint density at radius 1 is 1.38 bits per heavy atom. The molecule has 3 rings (SSSR count). The van der Waals surface area contributed by atoms with Crippen molar-refractivity contribution in [1.29, 1.82) is 0 Å². The Morgan fingerprint density at radius 2 is 2.25 bits per heavy atom. The van der Waals surface area contributed by atoms with E-state index in [9.17, 15) is 9.59 Å².